The number of hydrogen-bond acceptors (Lipinski definition) is 3. The SMILES string of the molecule is OC1C[C@@H]2CCC[C@@H](C1)C21OCCO1. The van der Waals surface area contributed by atoms with Gasteiger partial charge in [0.2, 0.25) is 0 Å². The van der Waals surface area contributed by atoms with E-state index < -0.39 is 0 Å². The van der Waals surface area contributed by atoms with Gasteiger partial charge in [0.05, 0.1) is 19.3 Å². The van der Waals surface area contributed by atoms with Crippen LogP contribution >= 0.6 is 0 Å². The van der Waals surface area contributed by atoms with Crippen molar-refractivity contribution in [3.8, 4) is 0 Å². The van der Waals surface area contributed by atoms with E-state index in [-0.39, 0.29) is 11.9 Å². The molecule has 1 heterocycles. The van der Waals surface area contributed by atoms with E-state index in [1.54, 1.807) is 0 Å². The second-order valence-electron chi connectivity index (χ2n) is 4.87. The summed E-state index contributed by atoms with van der Waals surface area (Å²) in [5.74, 6) is 0.581. The van der Waals surface area contributed by atoms with Crippen LogP contribution in [0.4, 0.5) is 0 Å². The molecule has 1 saturated heterocycles. The second-order valence-corrected chi connectivity index (χ2v) is 4.87. The van der Waals surface area contributed by atoms with E-state index in [4.69, 9.17) is 9.47 Å². The molecule has 0 unspecified atom stereocenters. The lowest BCUT2D eigenvalue weighted by atomic mass is 9.66. The van der Waals surface area contributed by atoms with Gasteiger partial charge in [-0.25, -0.2) is 0 Å². The second kappa shape index (κ2) is 3.19. The van der Waals surface area contributed by atoms with E-state index >= 15 is 0 Å². The van der Waals surface area contributed by atoms with Gasteiger partial charge in [-0.1, -0.05) is 6.42 Å². The van der Waals surface area contributed by atoms with Gasteiger partial charge < -0.3 is 14.6 Å². The highest BCUT2D eigenvalue weighted by molar-refractivity contribution is 4.98. The number of ether oxygens (including phenoxy) is 2. The van der Waals surface area contributed by atoms with Crippen molar-refractivity contribution >= 4 is 0 Å². The van der Waals surface area contributed by atoms with Gasteiger partial charge in [-0.05, 0) is 25.7 Å². The summed E-state index contributed by atoms with van der Waals surface area (Å²) in [7, 11) is 0. The van der Waals surface area contributed by atoms with Crippen LogP contribution < -0.4 is 0 Å². The molecular formula is C11H18O3. The average Bonchev–Trinajstić information content (AvgIpc) is 2.58. The molecule has 14 heavy (non-hydrogen) atoms. The number of hydrogen-bond donors (Lipinski definition) is 1. The summed E-state index contributed by atoms with van der Waals surface area (Å²) in [6.07, 6.45) is 5.22. The van der Waals surface area contributed by atoms with Crippen LogP contribution in [0.2, 0.25) is 0 Å². The molecule has 80 valence electrons. The van der Waals surface area contributed by atoms with Gasteiger partial charge in [0.15, 0.2) is 5.79 Å². The van der Waals surface area contributed by atoms with Crippen LogP contribution in [0, 0.1) is 11.8 Å². The summed E-state index contributed by atoms with van der Waals surface area (Å²) in [5.41, 5.74) is 0. The molecule has 0 aromatic carbocycles. The molecule has 2 saturated carbocycles. The van der Waals surface area contributed by atoms with Crippen molar-refractivity contribution < 1.29 is 14.6 Å². The Morgan fingerprint density at radius 2 is 1.57 bits per heavy atom. The molecule has 0 amide bonds. The zero-order valence-electron chi connectivity index (χ0n) is 8.45. The smallest absolute Gasteiger partial charge is 0.174 e. The number of aliphatic hydroxyl groups is 1. The molecule has 1 spiro atoms. The predicted molar refractivity (Wildman–Crippen MR) is 50.7 cm³/mol. The quantitative estimate of drug-likeness (QED) is 0.637. The van der Waals surface area contributed by atoms with E-state index in [0.717, 1.165) is 38.9 Å². The summed E-state index contributed by atoms with van der Waals surface area (Å²) >= 11 is 0. The third-order valence-corrected chi connectivity index (χ3v) is 4.10. The van der Waals surface area contributed by atoms with Crippen LogP contribution in [0.15, 0.2) is 0 Å². The third-order valence-electron chi connectivity index (χ3n) is 4.10. The first-order valence-corrected chi connectivity index (χ1v) is 5.77. The van der Waals surface area contributed by atoms with Crippen LogP contribution in [-0.4, -0.2) is 30.2 Å². The van der Waals surface area contributed by atoms with E-state index in [2.05, 4.69) is 0 Å². The fourth-order valence-electron chi connectivity index (χ4n) is 3.58. The summed E-state index contributed by atoms with van der Waals surface area (Å²) in [4.78, 5) is 0. The lowest BCUT2D eigenvalue weighted by molar-refractivity contribution is -0.271. The lowest BCUT2D eigenvalue weighted by Gasteiger charge is -2.50. The number of aliphatic hydroxyl groups excluding tert-OH is 1. The fraction of sp³-hybridized carbons (Fsp3) is 1.00. The van der Waals surface area contributed by atoms with Gasteiger partial charge in [-0.3, -0.25) is 0 Å². The molecule has 3 heteroatoms. The molecule has 3 nitrogen and oxygen atoms in total. The Hall–Kier alpha value is -0.120. The van der Waals surface area contributed by atoms with Gasteiger partial charge in [-0.15, -0.1) is 0 Å². The zero-order valence-corrected chi connectivity index (χ0v) is 8.45. The molecule has 3 fully saturated rings. The standard InChI is InChI=1S/C11H18O3/c12-10-6-8-2-1-3-9(7-10)11(8)13-4-5-14-11/h8-10,12H,1-7H2/t8-,9-/m0/s1. The Morgan fingerprint density at radius 3 is 2.14 bits per heavy atom. The first-order chi connectivity index (χ1) is 6.81. The van der Waals surface area contributed by atoms with Crippen molar-refractivity contribution in [2.75, 3.05) is 13.2 Å². The van der Waals surface area contributed by atoms with Crippen LogP contribution in [0.5, 0.6) is 0 Å². The van der Waals surface area contributed by atoms with E-state index in [1.807, 2.05) is 0 Å². The highest BCUT2D eigenvalue weighted by Crippen LogP contribution is 2.51. The molecule has 0 aromatic heterocycles. The zero-order chi connectivity index (χ0) is 9.60. The summed E-state index contributed by atoms with van der Waals surface area (Å²) < 4.78 is 11.7. The van der Waals surface area contributed by atoms with Crippen molar-refractivity contribution in [2.45, 2.75) is 44.0 Å². The van der Waals surface area contributed by atoms with Crippen LogP contribution in [-0.2, 0) is 9.47 Å². The molecular weight excluding hydrogens is 180 g/mol. The molecule has 0 aromatic rings. The van der Waals surface area contributed by atoms with Crippen molar-refractivity contribution in [3.63, 3.8) is 0 Å². The molecule has 2 bridgehead atoms. The Labute approximate surface area is 84.4 Å². The van der Waals surface area contributed by atoms with Crippen molar-refractivity contribution in [3.05, 3.63) is 0 Å². The Balaban J connectivity index is 1.89. The minimum Gasteiger partial charge on any atom is -0.393 e. The first kappa shape index (κ1) is 9.13. The predicted octanol–water partition coefficient (Wildman–Crippen LogP) is 1.30. The summed E-state index contributed by atoms with van der Waals surface area (Å²) in [6, 6.07) is 0. The molecule has 0 radical (unpaired) electrons. The van der Waals surface area contributed by atoms with Crippen molar-refractivity contribution in [2.24, 2.45) is 11.8 Å². The molecule has 2 atom stereocenters. The fourth-order valence-corrected chi connectivity index (χ4v) is 3.58. The van der Waals surface area contributed by atoms with Crippen LogP contribution in [0.3, 0.4) is 0 Å². The van der Waals surface area contributed by atoms with Gasteiger partial charge in [0.25, 0.3) is 0 Å². The van der Waals surface area contributed by atoms with E-state index in [1.165, 1.54) is 6.42 Å². The van der Waals surface area contributed by atoms with Crippen molar-refractivity contribution in [1.82, 2.24) is 0 Å². The van der Waals surface area contributed by atoms with Gasteiger partial charge >= 0.3 is 0 Å². The maximum absolute atomic E-state index is 9.75. The highest BCUT2D eigenvalue weighted by Gasteiger charge is 2.55. The van der Waals surface area contributed by atoms with Gasteiger partial charge in [0, 0.05) is 11.8 Å². The topological polar surface area (TPSA) is 38.7 Å². The molecule has 3 aliphatic rings. The maximum Gasteiger partial charge on any atom is 0.174 e. The molecule has 1 aliphatic heterocycles. The monoisotopic (exact) mass is 198 g/mol. The van der Waals surface area contributed by atoms with Crippen molar-refractivity contribution in [1.29, 1.82) is 0 Å². The van der Waals surface area contributed by atoms with E-state index in [0.29, 0.717) is 11.8 Å². The maximum atomic E-state index is 9.75. The summed E-state index contributed by atoms with van der Waals surface area (Å²) in [6.45, 7) is 1.48. The Morgan fingerprint density at radius 1 is 1.00 bits per heavy atom. The molecule has 1 N–H and O–H groups in total. The van der Waals surface area contributed by atoms with Crippen LogP contribution in [0.1, 0.15) is 32.1 Å². The van der Waals surface area contributed by atoms with Gasteiger partial charge in [0.1, 0.15) is 0 Å². The number of rotatable bonds is 0. The Bertz CT molecular complexity index is 207. The third kappa shape index (κ3) is 1.16. The molecule has 3 rings (SSSR count). The van der Waals surface area contributed by atoms with Crippen LogP contribution in [0.25, 0.3) is 0 Å². The van der Waals surface area contributed by atoms with E-state index in [9.17, 15) is 5.11 Å². The molecule has 2 aliphatic carbocycles. The highest BCUT2D eigenvalue weighted by atomic mass is 16.7. The minimum atomic E-state index is -0.294. The Kier molecular flexibility index (Phi) is 2.08. The normalized spacial score (nSPS) is 45.6. The van der Waals surface area contributed by atoms with Gasteiger partial charge in [-0.2, -0.15) is 0 Å². The lowest BCUT2D eigenvalue weighted by Crippen LogP contribution is -2.54. The minimum absolute atomic E-state index is 0.122. The summed E-state index contributed by atoms with van der Waals surface area (Å²) in [5, 5.41) is 9.75. The largest absolute Gasteiger partial charge is 0.393 e. The first-order valence-electron chi connectivity index (χ1n) is 5.77. The average molecular weight is 198 g/mol.